The second kappa shape index (κ2) is 9.00. The number of benzene rings is 1. The number of carbonyl (C=O) groups excluding carboxylic acids is 1. The number of hydrogen-bond acceptors (Lipinski definition) is 3. The smallest absolute Gasteiger partial charge is 0.303 e. The van der Waals surface area contributed by atoms with Gasteiger partial charge in [-0.25, -0.2) is 0 Å². The molecule has 1 amide bonds. The van der Waals surface area contributed by atoms with Gasteiger partial charge in [-0.3, -0.25) is 9.59 Å². The summed E-state index contributed by atoms with van der Waals surface area (Å²) in [5.41, 5.74) is 0.881. The monoisotopic (exact) mass is 293 g/mol. The summed E-state index contributed by atoms with van der Waals surface area (Å²) in [5, 5.41) is 11.4. The summed E-state index contributed by atoms with van der Waals surface area (Å²) in [5.74, 6) is -0.274. The number of rotatable bonds is 9. The fourth-order valence-electron chi connectivity index (χ4n) is 1.87. The lowest BCUT2D eigenvalue weighted by Crippen LogP contribution is -2.30. The van der Waals surface area contributed by atoms with Crippen LogP contribution >= 0.6 is 0 Å². The summed E-state index contributed by atoms with van der Waals surface area (Å²) >= 11 is 0. The predicted octanol–water partition coefficient (Wildman–Crippen LogP) is 2.24. The zero-order valence-corrected chi connectivity index (χ0v) is 12.6. The molecule has 0 bridgehead atoms. The van der Waals surface area contributed by atoms with Crippen LogP contribution in [-0.2, 0) is 16.0 Å². The first-order valence-corrected chi connectivity index (χ1v) is 7.21. The van der Waals surface area contributed by atoms with Crippen LogP contribution in [0.5, 0.6) is 5.75 Å². The molecule has 1 atom stereocenters. The summed E-state index contributed by atoms with van der Waals surface area (Å²) in [7, 11) is 0. The normalized spacial score (nSPS) is 11.7. The molecule has 0 radical (unpaired) electrons. The third kappa shape index (κ3) is 7.34. The van der Waals surface area contributed by atoms with Crippen molar-refractivity contribution in [2.24, 2.45) is 5.92 Å². The molecule has 1 rings (SSSR count). The van der Waals surface area contributed by atoms with E-state index in [0.29, 0.717) is 13.2 Å². The molecule has 5 nitrogen and oxygen atoms in total. The predicted molar refractivity (Wildman–Crippen MR) is 80.4 cm³/mol. The Morgan fingerprint density at radius 2 is 2.14 bits per heavy atom. The number of hydrogen-bond donors (Lipinski definition) is 2. The molecule has 0 aromatic heterocycles. The van der Waals surface area contributed by atoms with Crippen molar-refractivity contribution in [3.05, 3.63) is 29.8 Å². The van der Waals surface area contributed by atoms with Crippen molar-refractivity contribution in [1.29, 1.82) is 0 Å². The Morgan fingerprint density at radius 3 is 2.81 bits per heavy atom. The Bertz CT molecular complexity index is 473. The number of ether oxygens (including phenoxy) is 1. The molecule has 0 aliphatic carbocycles. The lowest BCUT2D eigenvalue weighted by molar-refractivity contribution is -0.138. The molecule has 1 aromatic rings. The average molecular weight is 293 g/mol. The van der Waals surface area contributed by atoms with Crippen LogP contribution in [0.4, 0.5) is 0 Å². The van der Waals surface area contributed by atoms with Gasteiger partial charge in [-0.2, -0.15) is 0 Å². The van der Waals surface area contributed by atoms with Crippen LogP contribution in [0.1, 0.15) is 32.3 Å². The molecule has 1 aromatic carbocycles. The minimum Gasteiger partial charge on any atom is -0.494 e. The molecule has 0 saturated heterocycles. The van der Waals surface area contributed by atoms with E-state index in [0.717, 1.165) is 17.7 Å². The van der Waals surface area contributed by atoms with Gasteiger partial charge in [0.15, 0.2) is 0 Å². The maximum absolute atomic E-state index is 11.8. The largest absolute Gasteiger partial charge is 0.494 e. The first kappa shape index (κ1) is 17.0. The van der Waals surface area contributed by atoms with Gasteiger partial charge in [-0.15, -0.1) is 0 Å². The van der Waals surface area contributed by atoms with Gasteiger partial charge in [-0.05, 0) is 30.0 Å². The maximum atomic E-state index is 11.8. The van der Waals surface area contributed by atoms with Crippen molar-refractivity contribution >= 4 is 11.9 Å². The van der Waals surface area contributed by atoms with Crippen LogP contribution in [0.3, 0.4) is 0 Å². The van der Waals surface area contributed by atoms with Gasteiger partial charge >= 0.3 is 5.97 Å². The number of carboxylic acids is 1. The van der Waals surface area contributed by atoms with E-state index in [1.807, 2.05) is 31.2 Å². The van der Waals surface area contributed by atoms with E-state index in [1.165, 1.54) is 0 Å². The molecule has 21 heavy (non-hydrogen) atoms. The fourth-order valence-corrected chi connectivity index (χ4v) is 1.87. The highest BCUT2D eigenvalue weighted by atomic mass is 16.5. The van der Waals surface area contributed by atoms with E-state index in [1.54, 1.807) is 6.92 Å². The van der Waals surface area contributed by atoms with E-state index >= 15 is 0 Å². The molecule has 0 aliphatic heterocycles. The van der Waals surface area contributed by atoms with Crippen molar-refractivity contribution in [3.8, 4) is 5.75 Å². The quantitative estimate of drug-likeness (QED) is 0.732. The van der Waals surface area contributed by atoms with Crippen LogP contribution in [0.15, 0.2) is 24.3 Å². The molecular formula is C16H23NO4. The van der Waals surface area contributed by atoms with E-state index < -0.39 is 5.97 Å². The molecule has 116 valence electrons. The molecule has 0 saturated carbocycles. The highest BCUT2D eigenvalue weighted by Crippen LogP contribution is 2.14. The topological polar surface area (TPSA) is 75.6 Å². The van der Waals surface area contributed by atoms with Crippen molar-refractivity contribution in [2.75, 3.05) is 13.2 Å². The Hall–Kier alpha value is -2.04. The highest BCUT2D eigenvalue weighted by molar-refractivity contribution is 5.78. The molecular weight excluding hydrogens is 270 g/mol. The van der Waals surface area contributed by atoms with Crippen molar-refractivity contribution < 1.29 is 19.4 Å². The first-order valence-electron chi connectivity index (χ1n) is 7.21. The third-order valence-corrected chi connectivity index (χ3v) is 2.91. The van der Waals surface area contributed by atoms with Crippen LogP contribution in [0.25, 0.3) is 0 Å². The molecule has 5 heteroatoms. The number of aliphatic carboxylic acids is 1. The van der Waals surface area contributed by atoms with Gasteiger partial charge in [0.25, 0.3) is 0 Å². The van der Waals surface area contributed by atoms with Gasteiger partial charge in [0.1, 0.15) is 5.75 Å². The van der Waals surface area contributed by atoms with Gasteiger partial charge in [0.2, 0.25) is 5.91 Å². The Labute approximate surface area is 125 Å². The van der Waals surface area contributed by atoms with Gasteiger partial charge in [0.05, 0.1) is 13.0 Å². The number of amides is 1. The van der Waals surface area contributed by atoms with Crippen LogP contribution in [0.2, 0.25) is 0 Å². The minimum absolute atomic E-state index is 0.0562. The highest BCUT2D eigenvalue weighted by Gasteiger charge is 2.10. The Balaban J connectivity index is 2.42. The van der Waals surface area contributed by atoms with E-state index in [4.69, 9.17) is 9.84 Å². The van der Waals surface area contributed by atoms with Crippen molar-refractivity contribution in [3.63, 3.8) is 0 Å². The van der Waals surface area contributed by atoms with E-state index in [-0.39, 0.29) is 24.7 Å². The second-order valence-corrected chi connectivity index (χ2v) is 5.18. The number of carboxylic acid groups (broad SMARTS) is 1. The van der Waals surface area contributed by atoms with Crippen LogP contribution in [-0.4, -0.2) is 30.1 Å². The van der Waals surface area contributed by atoms with E-state index in [2.05, 4.69) is 5.32 Å². The fraction of sp³-hybridized carbons (Fsp3) is 0.500. The summed E-state index contributed by atoms with van der Waals surface area (Å²) in [6.07, 6.45) is 1.26. The summed E-state index contributed by atoms with van der Waals surface area (Å²) < 4.78 is 5.52. The second-order valence-electron chi connectivity index (χ2n) is 5.18. The summed E-state index contributed by atoms with van der Waals surface area (Å²) in [6, 6.07) is 7.46. The molecule has 2 N–H and O–H groups in total. The molecule has 0 spiro atoms. The minimum atomic E-state index is -0.850. The van der Waals surface area contributed by atoms with Gasteiger partial charge < -0.3 is 15.2 Å². The molecule has 0 aliphatic rings. The lowest BCUT2D eigenvalue weighted by atomic mass is 10.1. The zero-order valence-electron chi connectivity index (χ0n) is 12.6. The zero-order chi connectivity index (χ0) is 15.7. The van der Waals surface area contributed by atoms with Crippen LogP contribution in [0, 0.1) is 5.92 Å². The third-order valence-electron chi connectivity index (χ3n) is 2.91. The first-order chi connectivity index (χ1) is 10.0. The standard InChI is InChI=1S/C16H23NO4/c1-3-7-21-14-6-4-5-13(9-14)10-15(18)17-11-12(2)8-16(19)20/h4-6,9,12H,3,7-8,10-11H2,1-2H3,(H,17,18)(H,19,20). The van der Waals surface area contributed by atoms with Crippen molar-refractivity contribution in [2.45, 2.75) is 33.1 Å². The average Bonchev–Trinajstić information content (AvgIpc) is 2.42. The summed E-state index contributed by atoms with van der Waals surface area (Å²) in [6.45, 7) is 4.86. The molecule has 0 fully saturated rings. The maximum Gasteiger partial charge on any atom is 0.303 e. The SMILES string of the molecule is CCCOc1cccc(CC(=O)NCC(C)CC(=O)O)c1. The van der Waals surface area contributed by atoms with Crippen LogP contribution < -0.4 is 10.1 Å². The number of nitrogens with one attached hydrogen (secondary N) is 1. The molecule has 0 heterocycles. The lowest BCUT2D eigenvalue weighted by Gasteiger charge is -2.11. The van der Waals surface area contributed by atoms with E-state index in [9.17, 15) is 9.59 Å². The Morgan fingerprint density at radius 1 is 1.38 bits per heavy atom. The number of carbonyl (C=O) groups is 2. The van der Waals surface area contributed by atoms with Crippen molar-refractivity contribution in [1.82, 2.24) is 5.32 Å². The Kier molecular flexibility index (Phi) is 7.29. The summed E-state index contributed by atoms with van der Waals surface area (Å²) in [4.78, 5) is 22.4. The van der Waals surface area contributed by atoms with Gasteiger partial charge in [-0.1, -0.05) is 26.0 Å². The van der Waals surface area contributed by atoms with Gasteiger partial charge in [0, 0.05) is 13.0 Å². The molecule has 1 unspecified atom stereocenters.